The van der Waals surface area contributed by atoms with E-state index < -0.39 is 5.97 Å². The summed E-state index contributed by atoms with van der Waals surface area (Å²) in [5.41, 5.74) is 3.17. The zero-order valence-corrected chi connectivity index (χ0v) is 18.4. The molecule has 0 spiro atoms. The molecule has 32 heavy (non-hydrogen) atoms. The minimum Gasteiger partial charge on any atom is -0.457 e. The van der Waals surface area contributed by atoms with Gasteiger partial charge in [-0.15, -0.1) is 0 Å². The third-order valence-electron chi connectivity index (χ3n) is 5.65. The van der Waals surface area contributed by atoms with Crippen molar-refractivity contribution in [3.63, 3.8) is 0 Å². The van der Waals surface area contributed by atoms with Crippen molar-refractivity contribution in [2.24, 2.45) is 0 Å². The van der Waals surface area contributed by atoms with Crippen molar-refractivity contribution in [3.8, 4) is 11.5 Å². The Morgan fingerprint density at radius 2 is 1.50 bits per heavy atom. The molecule has 0 bridgehead atoms. The summed E-state index contributed by atoms with van der Waals surface area (Å²) in [6.45, 7) is 3.85. The molecule has 5 nitrogen and oxygen atoms in total. The molecule has 0 saturated carbocycles. The van der Waals surface area contributed by atoms with Gasteiger partial charge >= 0.3 is 5.97 Å². The summed E-state index contributed by atoms with van der Waals surface area (Å²) < 4.78 is 11.0. The molecule has 1 aliphatic rings. The molecule has 0 fully saturated rings. The average Bonchev–Trinajstić information content (AvgIpc) is 2.99. The first-order valence-corrected chi connectivity index (χ1v) is 10.4. The van der Waals surface area contributed by atoms with Crippen LogP contribution in [0.2, 0.25) is 0 Å². The number of hydrogen-bond donors (Lipinski definition) is 0. The highest BCUT2D eigenvalue weighted by molar-refractivity contribution is 5.96. The second-order valence-corrected chi connectivity index (χ2v) is 8.21. The Morgan fingerprint density at radius 3 is 2.19 bits per heavy atom. The predicted molar refractivity (Wildman–Crippen MR) is 124 cm³/mol. The van der Waals surface area contributed by atoms with Crippen molar-refractivity contribution in [3.05, 3.63) is 102 Å². The number of ether oxygens (including phenoxy) is 2. The number of carbonyl (C=O) groups excluding carboxylic acids is 2. The van der Waals surface area contributed by atoms with E-state index in [2.05, 4.69) is 19.9 Å². The molecule has 1 aliphatic heterocycles. The first-order valence-electron chi connectivity index (χ1n) is 10.4. The van der Waals surface area contributed by atoms with Gasteiger partial charge < -0.3 is 14.4 Å². The highest BCUT2D eigenvalue weighted by atomic mass is 16.5. The fourth-order valence-corrected chi connectivity index (χ4v) is 3.96. The van der Waals surface area contributed by atoms with Gasteiger partial charge in [0.1, 0.15) is 11.5 Å². The molecular formula is C27H25NO4. The highest BCUT2D eigenvalue weighted by Crippen LogP contribution is 2.46. The Kier molecular flexibility index (Phi) is 5.82. The molecule has 162 valence electrons. The van der Waals surface area contributed by atoms with Crippen molar-refractivity contribution in [2.45, 2.75) is 19.3 Å². The number of nitrogens with zero attached hydrogens (tertiary/aromatic N) is 1. The van der Waals surface area contributed by atoms with Crippen molar-refractivity contribution in [1.82, 2.24) is 0 Å². The molecule has 0 unspecified atom stereocenters. The summed E-state index contributed by atoms with van der Waals surface area (Å²) in [4.78, 5) is 27.0. The topological polar surface area (TPSA) is 55.8 Å². The smallest absolute Gasteiger partial charge is 0.338 e. The number of likely N-dealkylation sites (N-methyl/N-ethyl adjacent to an activating group) is 1. The van der Waals surface area contributed by atoms with E-state index in [1.807, 2.05) is 60.5 Å². The van der Waals surface area contributed by atoms with E-state index in [9.17, 15) is 9.59 Å². The van der Waals surface area contributed by atoms with Crippen LogP contribution in [0.25, 0.3) is 0 Å². The Bertz CT molecular complexity index is 1160. The molecule has 0 aliphatic carbocycles. The first-order chi connectivity index (χ1) is 15.4. The summed E-state index contributed by atoms with van der Waals surface area (Å²) in [5, 5.41) is 0. The molecule has 5 heteroatoms. The van der Waals surface area contributed by atoms with E-state index in [1.54, 1.807) is 30.3 Å². The number of para-hydroxylation sites is 2. The van der Waals surface area contributed by atoms with Crippen LogP contribution in [-0.2, 0) is 14.9 Å². The zero-order chi connectivity index (χ0) is 22.7. The maximum Gasteiger partial charge on any atom is 0.338 e. The third kappa shape index (κ3) is 4.28. The van der Waals surface area contributed by atoms with Crippen LogP contribution in [0, 0.1) is 0 Å². The number of anilines is 1. The number of ketones is 1. The van der Waals surface area contributed by atoms with Crippen LogP contribution in [0.5, 0.6) is 11.5 Å². The molecule has 0 aromatic heterocycles. The van der Waals surface area contributed by atoms with Crippen molar-refractivity contribution >= 4 is 17.4 Å². The van der Waals surface area contributed by atoms with E-state index in [1.165, 1.54) is 0 Å². The Balaban J connectivity index is 1.37. The van der Waals surface area contributed by atoms with Crippen LogP contribution in [-0.4, -0.2) is 25.4 Å². The van der Waals surface area contributed by atoms with Gasteiger partial charge in [0.25, 0.3) is 0 Å². The maximum atomic E-state index is 12.6. The van der Waals surface area contributed by atoms with Crippen LogP contribution in [0.4, 0.5) is 5.69 Å². The monoisotopic (exact) mass is 427 g/mol. The van der Waals surface area contributed by atoms with E-state index in [0.717, 1.165) is 16.9 Å². The average molecular weight is 428 g/mol. The Morgan fingerprint density at radius 1 is 0.875 bits per heavy atom. The molecule has 0 N–H and O–H groups in total. The zero-order valence-electron chi connectivity index (χ0n) is 18.4. The Hall–Kier alpha value is -3.86. The lowest BCUT2D eigenvalue weighted by Gasteiger charge is -2.23. The van der Waals surface area contributed by atoms with Crippen LogP contribution in [0.3, 0.4) is 0 Å². The lowest BCUT2D eigenvalue weighted by molar-refractivity contribution is -0.117. The van der Waals surface area contributed by atoms with Gasteiger partial charge in [0.2, 0.25) is 0 Å². The van der Waals surface area contributed by atoms with Gasteiger partial charge in [0.15, 0.2) is 12.4 Å². The molecule has 3 aromatic rings. The van der Waals surface area contributed by atoms with Gasteiger partial charge in [-0.3, -0.25) is 4.79 Å². The number of carbonyl (C=O) groups is 2. The normalized spacial score (nSPS) is 15.3. The van der Waals surface area contributed by atoms with E-state index in [4.69, 9.17) is 9.47 Å². The highest BCUT2D eigenvalue weighted by Gasteiger charge is 2.38. The quantitative estimate of drug-likeness (QED) is 0.383. The van der Waals surface area contributed by atoms with Crippen LogP contribution in [0.1, 0.15) is 29.8 Å². The van der Waals surface area contributed by atoms with Gasteiger partial charge in [0, 0.05) is 29.9 Å². The SMILES string of the molecule is CN1C(=CC(=O)COC(=O)c2ccc(Oc3ccccc3)cc2)C(C)(C)c2ccccc21. The van der Waals surface area contributed by atoms with Gasteiger partial charge in [-0.25, -0.2) is 4.79 Å². The van der Waals surface area contributed by atoms with E-state index in [0.29, 0.717) is 17.1 Å². The van der Waals surface area contributed by atoms with Crippen LogP contribution >= 0.6 is 0 Å². The lowest BCUT2D eigenvalue weighted by Crippen LogP contribution is -2.25. The molecule has 4 rings (SSSR count). The van der Waals surface area contributed by atoms with Crippen LogP contribution < -0.4 is 9.64 Å². The summed E-state index contributed by atoms with van der Waals surface area (Å²) in [6, 6.07) is 24.1. The first kappa shape index (κ1) is 21.4. The summed E-state index contributed by atoms with van der Waals surface area (Å²) in [7, 11) is 1.94. The minimum absolute atomic E-state index is 0.259. The number of rotatable bonds is 6. The number of esters is 1. The summed E-state index contributed by atoms with van der Waals surface area (Å²) in [6.07, 6.45) is 1.57. The molecule has 0 saturated heterocycles. The molecule has 0 radical (unpaired) electrons. The number of allylic oxidation sites excluding steroid dienone is 1. The standard InChI is InChI=1S/C27H25NO4/c1-27(2)23-11-7-8-12-24(23)28(3)25(27)17-20(29)18-31-26(30)19-13-15-22(16-14-19)32-21-9-5-4-6-10-21/h4-17H,18H2,1-3H3. The second kappa shape index (κ2) is 8.71. The fraction of sp³-hybridized carbons (Fsp3) is 0.185. The Labute approximate surface area is 187 Å². The lowest BCUT2D eigenvalue weighted by atomic mass is 9.83. The summed E-state index contributed by atoms with van der Waals surface area (Å²) in [5.74, 6) is 0.512. The largest absolute Gasteiger partial charge is 0.457 e. The molecule has 0 amide bonds. The van der Waals surface area contributed by atoms with Crippen molar-refractivity contribution in [1.29, 1.82) is 0 Å². The maximum absolute atomic E-state index is 12.6. The van der Waals surface area contributed by atoms with Crippen LogP contribution in [0.15, 0.2) is 90.6 Å². The minimum atomic E-state index is -0.551. The third-order valence-corrected chi connectivity index (χ3v) is 5.65. The number of hydrogen-bond acceptors (Lipinski definition) is 5. The molecule has 0 atom stereocenters. The molecule has 1 heterocycles. The van der Waals surface area contributed by atoms with Gasteiger partial charge in [-0.1, -0.05) is 50.2 Å². The predicted octanol–water partition coefficient (Wildman–Crippen LogP) is 5.52. The van der Waals surface area contributed by atoms with E-state index >= 15 is 0 Å². The van der Waals surface area contributed by atoms with Crippen molar-refractivity contribution in [2.75, 3.05) is 18.6 Å². The fourth-order valence-electron chi connectivity index (χ4n) is 3.96. The number of benzene rings is 3. The van der Waals surface area contributed by atoms with Gasteiger partial charge in [-0.2, -0.15) is 0 Å². The second-order valence-electron chi connectivity index (χ2n) is 8.21. The summed E-state index contributed by atoms with van der Waals surface area (Å²) >= 11 is 0. The molecule has 3 aromatic carbocycles. The number of fused-ring (bicyclic) bond motifs is 1. The van der Waals surface area contributed by atoms with E-state index in [-0.39, 0.29) is 17.8 Å². The van der Waals surface area contributed by atoms with Gasteiger partial charge in [-0.05, 0) is 48.0 Å². The van der Waals surface area contributed by atoms with Gasteiger partial charge in [0.05, 0.1) is 5.56 Å². The molecular weight excluding hydrogens is 402 g/mol. The van der Waals surface area contributed by atoms with Crippen molar-refractivity contribution < 1.29 is 19.1 Å².